The summed E-state index contributed by atoms with van der Waals surface area (Å²) < 4.78 is 46.2. The third-order valence-corrected chi connectivity index (χ3v) is 7.64. The highest BCUT2D eigenvalue weighted by atomic mass is 35.5. The summed E-state index contributed by atoms with van der Waals surface area (Å²) in [5.41, 5.74) is 1.53. The lowest BCUT2D eigenvalue weighted by atomic mass is 10.1. The number of halogens is 4. The van der Waals surface area contributed by atoms with Crippen LogP contribution in [0, 0.1) is 0 Å². The van der Waals surface area contributed by atoms with Gasteiger partial charge in [0.2, 0.25) is 5.88 Å². The quantitative estimate of drug-likeness (QED) is 0.223. The number of carbonyl (C=O) groups excluding carboxylic acids is 2. The minimum atomic E-state index is -4.67. The van der Waals surface area contributed by atoms with E-state index >= 15 is 0 Å². The fourth-order valence-corrected chi connectivity index (χ4v) is 5.10. The average molecular weight is 601 g/mol. The predicted molar refractivity (Wildman–Crippen MR) is 145 cm³/mol. The fraction of sp³-hybridized carbons (Fsp3) is 0.185. The fourth-order valence-electron chi connectivity index (χ4n) is 4.03. The summed E-state index contributed by atoms with van der Waals surface area (Å²) in [6.07, 6.45) is 2.06. The van der Waals surface area contributed by atoms with Crippen molar-refractivity contribution < 1.29 is 27.5 Å². The Kier molecular flexibility index (Phi) is 7.74. The molecular formula is C27H20ClF3N6O3S. The summed E-state index contributed by atoms with van der Waals surface area (Å²) in [6, 6.07) is 7.47. The molecule has 0 spiro atoms. The molecule has 0 aliphatic rings. The van der Waals surface area contributed by atoms with E-state index in [0.717, 1.165) is 34.7 Å². The zero-order chi connectivity index (χ0) is 29.3. The van der Waals surface area contributed by atoms with Crippen LogP contribution in [0.25, 0.3) is 16.6 Å². The van der Waals surface area contributed by atoms with E-state index in [1.165, 1.54) is 19.5 Å². The first-order chi connectivity index (χ1) is 19.5. The lowest BCUT2D eigenvalue weighted by Crippen LogP contribution is -2.26. The van der Waals surface area contributed by atoms with E-state index in [-0.39, 0.29) is 22.9 Å². The highest BCUT2D eigenvalue weighted by Crippen LogP contribution is 2.35. The predicted octanol–water partition coefficient (Wildman–Crippen LogP) is 5.85. The van der Waals surface area contributed by atoms with Crippen LogP contribution in [0.2, 0.25) is 5.02 Å². The maximum absolute atomic E-state index is 13.1. The topological polar surface area (TPSA) is 111 Å². The second-order valence-corrected chi connectivity index (χ2v) is 10.4. The maximum atomic E-state index is 13.1. The van der Waals surface area contributed by atoms with Crippen molar-refractivity contribution in [1.29, 1.82) is 0 Å². The number of fused-ring (bicyclic) bond motifs is 1. The van der Waals surface area contributed by atoms with Crippen molar-refractivity contribution in [3.63, 3.8) is 0 Å². The van der Waals surface area contributed by atoms with Gasteiger partial charge < -0.3 is 10.1 Å². The number of Topliss-reactive ketones (excluding diaryl/α,β-unsaturated/α-hetero) is 1. The van der Waals surface area contributed by atoms with Crippen LogP contribution in [0.1, 0.15) is 49.3 Å². The van der Waals surface area contributed by atoms with Gasteiger partial charge in [0, 0.05) is 42.1 Å². The number of pyridine rings is 3. The monoisotopic (exact) mass is 600 g/mol. The van der Waals surface area contributed by atoms with Crippen molar-refractivity contribution in [1.82, 2.24) is 29.9 Å². The summed E-state index contributed by atoms with van der Waals surface area (Å²) in [4.78, 5) is 38.2. The SMILES string of the molecule is COc1cc(-c2ccc3c(C(=O)NC(C)c4ncc(C(=O)Cc5cc(C(F)(F)F)c(Cl)cn5)s4)cnn3c2)ccn1. The van der Waals surface area contributed by atoms with E-state index in [9.17, 15) is 22.8 Å². The van der Waals surface area contributed by atoms with Gasteiger partial charge in [-0.15, -0.1) is 11.3 Å². The molecular weight excluding hydrogens is 581 g/mol. The number of nitrogens with zero attached hydrogens (tertiary/aromatic N) is 5. The average Bonchev–Trinajstić information content (AvgIpc) is 3.61. The van der Waals surface area contributed by atoms with Crippen LogP contribution in [0.15, 0.2) is 61.3 Å². The third kappa shape index (κ3) is 6.05. The number of amides is 1. The molecule has 9 nitrogen and oxygen atoms in total. The minimum Gasteiger partial charge on any atom is -0.481 e. The number of rotatable bonds is 8. The van der Waals surface area contributed by atoms with E-state index in [2.05, 4.69) is 25.4 Å². The Balaban J connectivity index is 1.27. The van der Waals surface area contributed by atoms with E-state index in [4.69, 9.17) is 16.3 Å². The summed E-state index contributed by atoms with van der Waals surface area (Å²) in [5, 5.41) is 7.07. The maximum Gasteiger partial charge on any atom is 0.417 e. The normalized spacial score (nSPS) is 12.3. The molecule has 0 saturated heterocycles. The van der Waals surface area contributed by atoms with Gasteiger partial charge in [0.15, 0.2) is 5.78 Å². The van der Waals surface area contributed by atoms with Gasteiger partial charge in [0.05, 0.1) is 52.3 Å². The number of methoxy groups -OCH3 is 1. The lowest BCUT2D eigenvalue weighted by Gasteiger charge is -2.11. The van der Waals surface area contributed by atoms with E-state index < -0.39 is 28.6 Å². The molecule has 0 aliphatic heterocycles. The van der Waals surface area contributed by atoms with Crippen molar-refractivity contribution in [3.05, 3.63) is 93.0 Å². The van der Waals surface area contributed by atoms with Gasteiger partial charge in [0.1, 0.15) is 5.01 Å². The van der Waals surface area contributed by atoms with Crippen molar-refractivity contribution in [3.8, 4) is 17.0 Å². The van der Waals surface area contributed by atoms with Crippen LogP contribution in [-0.2, 0) is 12.6 Å². The molecule has 0 saturated carbocycles. The largest absolute Gasteiger partial charge is 0.481 e. The van der Waals surface area contributed by atoms with Crippen molar-refractivity contribution in [2.24, 2.45) is 0 Å². The zero-order valence-electron chi connectivity index (χ0n) is 21.4. The Morgan fingerprint density at radius 1 is 1.10 bits per heavy atom. The highest BCUT2D eigenvalue weighted by molar-refractivity contribution is 7.13. The van der Waals surface area contributed by atoms with Crippen molar-refractivity contribution in [2.45, 2.75) is 25.6 Å². The molecule has 5 aromatic heterocycles. The van der Waals surface area contributed by atoms with Gasteiger partial charge in [-0.2, -0.15) is 18.3 Å². The van der Waals surface area contributed by atoms with Crippen LogP contribution < -0.4 is 10.1 Å². The van der Waals surface area contributed by atoms with Gasteiger partial charge in [-0.3, -0.25) is 14.6 Å². The number of thiazole rings is 1. The Bertz CT molecular complexity index is 1770. The molecule has 1 N–H and O–H groups in total. The molecule has 1 amide bonds. The molecule has 1 unspecified atom stereocenters. The van der Waals surface area contributed by atoms with Gasteiger partial charge >= 0.3 is 6.18 Å². The minimum absolute atomic E-state index is 0.0673. The number of nitrogens with one attached hydrogen (secondary N) is 1. The number of hydrogen-bond donors (Lipinski definition) is 1. The molecule has 0 radical (unpaired) electrons. The number of ketones is 1. The zero-order valence-corrected chi connectivity index (χ0v) is 23.0. The molecule has 0 bridgehead atoms. The van der Waals surface area contributed by atoms with Crippen LogP contribution in [0.5, 0.6) is 5.88 Å². The summed E-state index contributed by atoms with van der Waals surface area (Å²) in [5.74, 6) is -0.374. The first kappa shape index (κ1) is 28.2. The first-order valence-corrected chi connectivity index (χ1v) is 13.2. The van der Waals surface area contributed by atoms with Crippen LogP contribution in [-0.4, -0.2) is 43.4 Å². The molecule has 1 atom stereocenters. The van der Waals surface area contributed by atoms with Gasteiger partial charge in [-0.1, -0.05) is 17.7 Å². The number of hydrogen-bond acceptors (Lipinski definition) is 8. The van der Waals surface area contributed by atoms with Crippen LogP contribution >= 0.6 is 22.9 Å². The smallest absolute Gasteiger partial charge is 0.417 e. The molecule has 0 aromatic carbocycles. The Morgan fingerprint density at radius 2 is 1.90 bits per heavy atom. The second kappa shape index (κ2) is 11.3. The molecule has 41 heavy (non-hydrogen) atoms. The van der Waals surface area contributed by atoms with Gasteiger partial charge in [-0.25, -0.2) is 14.5 Å². The highest BCUT2D eigenvalue weighted by Gasteiger charge is 2.34. The van der Waals surface area contributed by atoms with E-state index in [1.54, 1.807) is 36.0 Å². The van der Waals surface area contributed by atoms with Crippen LogP contribution in [0.4, 0.5) is 13.2 Å². The first-order valence-electron chi connectivity index (χ1n) is 12.0. The Hall–Kier alpha value is -4.36. The molecule has 0 aliphatic carbocycles. The lowest BCUT2D eigenvalue weighted by molar-refractivity contribution is -0.137. The summed E-state index contributed by atoms with van der Waals surface area (Å²) >= 11 is 6.64. The van der Waals surface area contributed by atoms with Crippen molar-refractivity contribution >= 4 is 40.1 Å². The molecule has 5 aromatic rings. The van der Waals surface area contributed by atoms with Gasteiger partial charge in [-0.05, 0) is 30.7 Å². The second-order valence-electron chi connectivity index (χ2n) is 8.90. The number of ether oxygens (including phenoxy) is 1. The Labute approximate surface area is 240 Å². The Morgan fingerprint density at radius 3 is 2.66 bits per heavy atom. The number of carbonyl (C=O) groups is 2. The molecule has 5 heterocycles. The molecule has 14 heteroatoms. The number of alkyl halides is 3. The summed E-state index contributed by atoms with van der Waals surface area (Å²) in [7, 11) is 1.54. The molecule has 5 rings (SSSR count). The van der Waals surface area contributed by atoms with E-state index in [0.29, 0.717) is 22.0 Å². The third-order valence-electron chi connectivity index (χ3n) is 6.11. The van der Waals surface area contributed by atoms with E-state index in [1.807, 2.05) is 12.1 Å². The molecule has 210 valence electrons. The molecule has 0 fully saturated rings. The summed E-state index contributed by atoms with van der Waals surface area (Å²) in [6.45, 7) is 1.71. The standard InChI is InChI=1S/C27H20ClF3N6O3S/c1-14(26-34-12-23(41-26)22(38)9-17-8-19(27(29,30)31)20(28)11-33-17)36-25(39)18-10-35-37-13-16(3-4-21(18)37)15-5-6-32-24(7-15)40-2/h3-8,10-14H,9H2,1-2H3,(H,36,39). The van der Waals surface area contributed by atoms with Crippen molar-refractivity contribution in [2.75, 3.05) is 7.11 Å². The van der Waals surface area contributed by atoms with Gasteiger partial charge in [0.25, 0.3) is 5.91 Å². The van der Waals surface area contributed by atoms with Crippen LogP contribution in [0.3, 0.4) is 0 Å². The number of aromatic nitrogens is 5.